The number of hydrogen-bond acceptors (Lipinski definition) is 6. The van der Waals surface area contributed by atoms with E-state index in [1.165, 1.54) is 28.8 Å². The van der Waals surface area contributed by atoms with Crippen molar-refractivity contribution in [1.82, 2.24) is 19.7 Å². The Kier molecular flexibility index (Phi) is 5.52. The minimum atomic E-state index is -0.658. The molecule has 5 rings (SSSR count). The van der Waals surface area contributed by atoms with Gasteiger partial charge in [0, 0.05) is 43.6 Å². The molecule has 2 aliphatic rings. The molecular formula is C23H26F2N6O. The average molecular weight is 440 g/mol. The molecule has 2 aromatic carbocycles. The van der Waals surface area contributed by atoms with Crippen molar-refractivity contribution >= 4 is 17.3 Å². The largest absolute Gasteiger partial charge is 0.378 e. The topological polar surface area (TPSA) is 58.5 Å². The summed E-state index contributed by atoms with van der Waals surface area (Å²) in [5.41, 5.74) is 4.64. The van der Waals surface area contributed by atoms with Crippen molar-refractivity contribution in [1.29, 1.82) is 0 Å². The molecule has 0 unspecified atom stereocenters. The smallest absolute Gasteiger partial charge is 0.246 e. The SMILES string of the molecule is Cc1cc(Nc2ncn(-c3cc(F)cc(F)c3)n2)c(C)c(N2CCN(C3COC3)CC2)c1. The molecule has 32 heavy (non-hydrogen) atoms. The molecule has 3 aromatic rings. The van der Waals surface area contributed by atoms with Crippen LogP contribution in [-0.4, -0.2) is 65.1 Å². The third-order valence-electron chi connectivity index (χ3n) is 6.17. The standard InChI is InChI=1S/C23H26F2N6O/c1-15-7-21(27-23-26-14-31(28-23)19-10-17(24)9-18(25)11-19)16(2)22(8-15)30-5-3-29(4-6-30)20-12-32-13-20/h7-11,14,20H,3-6,12-13H2,1-2H3,(H,27,28). The average Bonchev–Trinajstić information content (AvgIpc) is 3.18. The number of halogens is 2. The molecule has 3 heterocycles. The van der Waals surface area contributed by atoms with Crippen LogP contribution in [0.1, 0.15) is 11.1 Å². The van der Waals surface area contributed by atoms with E-state index in [0.717, 1.165) is 62.3 Å². The zero-order valence-corrected chi connectivity index (χ0v) is 18.2. The molecule has 7 nitrogen and oxygen atoms in total. The summed E-state index contributed by atoms with van der Waals surface area (Å²) in [5.74, 6) is -0.952. The van der Waals surface area contributed by atoms with Gasteiger partial charge in [0.25, 0.3) is 0 Å². The van der Waals surface area contributed by atoms with E-state index in [1.807, 2.05) is 0 Å². The van der Waals surface area contributed by atoms with Crippen molar-refractivity contribution in [2.75, 3.05) is 49.6 Å². The van der Waals surface area contributed by atoms with Gasteiger partial charge in [-0.1, -0.05) is 0 Å². The quantitative estimate of drug-likeness (QED) is 0.656. The third-order valence-corrected chi connectivity index (χ3v) is 6.17. The molecular weight excluding hydrogens is 414 g/mol. The summed E-state index contributed by atoms with van der Waals surface area (Å²) < 4.78 is 33.8. The Morgan fingerprint density at radius 1 is 0.969 bits per heavy atom. The number of nitrogens with one attached hydrogen (secondary N) is 1. The first-order chi connectivity index (χ1) is 15.5. The lowest BCUT2D eigenvalue weighted by Gasteiger charge is -2.43. The maximum absolute atomic E-state index is 13.5. The van der Waals surface area contributed by atoms with Gasteiger partial charge in [-0.2, -0.15) is 4.98 Å². The predicted octanol–water partition coefficient (Wildman–Crippen LogP) is 3.43. The first-order valence-electron chi connectivity index (χ1n) is 10.8. The molecule has 0 spiro atoms. The third kappa shape index (κ3) is 4.18. The van der Waals surface area contributed by atoms with E-state index in [9.17, 15) is 8.78 Å². The monoisotopic (exact) mass is 440 g/mol. The lowest BCUT2D eigenvalue weighted by molar-refractivity contribution is -0.0660. The van der Waals surface area contributed by atoms with Gasteiger partial charge in [-0.05, 0) is 49.2 Å². The van der Waals surface area contributed by atoms with Crippen molar-refractivity contribution in [2.45, 2.75) is 19.9 Å². The highest BCUT2D eigenvalue weighted by Crippen LogP contribution is 2.31. The summed E-state index contributed by atoms with van der Waals surface area (Å²) >= 11 is 0. The number of aryl methyl sites for hydroxylation is 1. The van der Waals surface area contributed by atoms with Gasteiger partial charge in [0.2, 0.25) is 5.95 Å². The fourth-order valence-corrected chi connectivity index (χ4v) is 4.30. The van der Waals surface area contributed by atoms with E-state index in [2.05, 4.69) is 51.2 Å². The van der Waals surface area contributed by atoms with Crippen molar-refractivity contribution in [3.63, 3.8) is 0 Å². The first kappa shape index (κ1) is 20.8. The van der Waals surface area contributed by atoms with Crippen LogP contribution in [0, 0.1) is 25.5 Å². The van der Waals surface area contributed by atoms with Crippen LogP contribution in [0.5, 0.6) is 0 Å². The van der Waals surface area contributed by atoms with Gasteiger partial charge >= 0.3 is 0 Å². The number of benzene rings is 2. The second kappa shape index (κ2) is 8.48. The molecule has 0 amide bonds. The van der Waals surface area contributed by atoms with Crippen LogP contribution >= 0.6 is 0 Å². The molecule has 2 saturated heterocycles. The van der Waals surface area contributed by atoms with Crippen molar-refractivity contribution < 1.29 is 13.5 Å². The fraction of sp³-hybridized carbons (Fsp3) is 0.391. The molecule has 0 bridgehead atoms. The summed E-state index contributed by atoms with van der Waals surface area (Å²) in [7, 11) is 0. The minimum absolute atomic E-state index is 0.277. The Morgan fingerprint density at radius 3 is 2.34 bits per heavy atom. The van der Waals surface area contributed by atoms with E-state index < -0.39 is 11.6 Å². The number of hydrogen-bond donors (Lipinski definition) is 1. The molecule has 168 valence electrons. The van der Waals surface area contributed by atoms with Crippen LogP contribution in [0.3, 0.4) is 0 Å². The van der Waals surface area contributed by atoms with Crippen molar-refractivity contribution in [3.8, 4) is 5.69 Å². The van der Waals surface area contributed by atoms with Gasteiger partial charge in [0.15, 0.2) is 0 Å². The van der Waals surface area contributed by atoms with Crippen molar-refractivity contribution in [2.24, 2.45) is 0 Å². The van der Waals surface area contributed by atoms with E-state index >= 15 is 0 Å². The number of aromatic nitrogens is 3. The van der Waals surface area contributed by atoms with Gasteiger partial charge < -0.3 is 15.0 Å². The highest BCUT2D eigenvalue weighted by Gasteiger charge is 2.29. The Labute approximate surface area is 185 Å². The van der Waals surface area contributed by atoms with E-state index in [-0.39, 0.29) is 5.69 Å². The van der Waals surface area contributed by atoms with Gasteiger partial charge in [-0.3, -0.25) is 4.90 Å². The van der Waals surface area contributed by atoms with Crippen LogP contribution in [-0.2, 0) is 4.74 Å². The number of piperazine rings is 1. The Morgan fingerprint density at radius 2 is 1.69 bits per heavy atom. The number of nitrogens with zero attached hydrogens (tertiary/aromatic N) is 5. The molecule has 1 N–H and O–H groups in total. The Bertz CT molecular complexity index is 1100. The first-order valence-corrected chi connectivity index (χ1v) is 10.8. The lowest BCUT2D eigenvalue weighted by Crippen LogP contribution is -2.56. The van der Waals surface area contributed by atoms with Gasteiger partial charge in [-0.15, -0.1) is 5.10 Å². The molecule has 0 atom stereocenters. The van der Waals surface area contributed by atoms with Crippen molar-refractivity contribution in [3.05, 3.63) is 59.4 Å². The van der Waals surface area contributed by atoms with Gasteiger partial charge in [0.1, 0.15) is 18.0 Å². The fourth-order valence-electron chi connectivity index (χ4n) is 4.30. The molecule has 2 fully saturated rings. The maximum Gasteiger partial charge on any atom is 0.246 e. The van der Waals surface area contributed by atoms with Crippen LogP contribution in [0.2, 0.25) is 0 Å². The maximum atomic E-state index is 13.5. The van der Waals surface area contributed by atoms with E-state index in [1.54, 1.807) is 0 Å². The molecule has 9 heteroatoms. The number of rotatable bonds is 5. The summed E-state index contributed by atoms with van der Waals surface area (Å²) in [6.45, 7) is 9.84. The molecule has 0 saturated carbocycles. The predicted molar refractivity (Wildman–Crippen MR) is 119 cm³/mol. The molecule has 1 aromatic heterocycles. The van der Waals surface area contributed by atoms with Gasteiger partial charge in [-0.25, -0.2) is 13.5 Å². The summed E-state index contributed by atoms with van der Waals surface area (Å²) in [4.78, 5) is 9.20. The van der Waals surface area contributed by atoms with Crippen LogP contribution in [0.25, 0.3) is 5.69 Å². The molecule has 2 aliphatic heterocycles. The van der Waals surface area contributed by atoms with Crippen LogP contribution in [0.4, 0.5) is 26.1 Å². The highest BCUT2D eigenvalue weighted by molar-refractivity contribution is 5.70. The summed E-state index contributed by atoms with van der Waals surface area (Å²) in [5, 5.41) is 7.62. The Hall–Kier alpha value is -3.04. The van der Waals surface area contributed by atoms with Crippen LogP contribution in [0.15, 0.2) is 36.7 Å². The highest BCUT2D eigenvalue weighted by atomic mass is 19.1. The zero-order chi connectivity index (χ0) is 22.2. The summed E-state index contributed by atoms with van der Waals surface area (Å²) in [6.07, 6.45) is 1.44. The normalized spacial score (nSPS) is 17.4. The Balaban J connectivity index is 1.34. The summed E-state index contributed by atoms with van der Waals surface area (Å²) in [6, 6.07) is 8.10. The zero-order valence-electron chi connectivity index (χ0n) is 18.2. The number of anilines is 3. The second-order valence-corrected chi connectivity index (χ2v) is 8.44. The van der Waals surface area contributed by atoms with Gasteiger partial charge in [0.05, 0.1) is 24.9 Å². The second-order valence-electron chi connectivity index (χ2n) is 8.44. The number of ether oxygens (including phenoxy) is 1. The lowest BCUT2D eigenvalue weighted by atomic mass is 10.1. The minimum Gasteiger partial charge on any atom is -0.378 e. The molecule has 0 radical (unpaired) electrons. The van der Waals surface area contributed by atoms with Crippen LogP contribution < -0.4 is 10.2 Å². The van der Waals surface area contributed by atoms with E-state index in [0.29, 0.717) is 12.0 Å². The molecule has 0 aliphatic carbocycles. The van der Waals surface area contributed by atoms with E-state index in [4.69, 9.17) is 4.74 Å².